The fraction of sp³-hybridized carbons (Fsp3) is 0.444. The van der Waals surface area contributed by atoms with Gasteiger partial charge in [0.2, 0.25) is 0 Å². The maximum Gasteiger partial charge on any atom is 0.272 e. The molecule has 132 valence electrons. The number of rotatable bonds is 2. The fourth-order valence-corrected chi connectivity index (χ4v) is 3.47. The fourth-order valence-electron chi connectivity index (χ4n) is 3.47. The van der Waals surface area contributed by atoms with Crippen LogP contribution in [0.3, 0.4) is 0 Å². The van der Waals surface area contributed by atoms with E-state index in [1.165, 1.54) is 10.7 Å². The van der Waals surface area contributed by atoms with Crippen LogP contribution in [0.15, 0.2) is 30.3 Å². The summed E-state index contributed by atoms with van der Waals surface area (Å²) in [4.78, 5) is 14.6. The lowest BCUT2D eigenvalue weighted by molar-refractivity contribution is -0.181. The second kappa shape index (κ2) is 6.24. The number of likely N-dealkylation sites (tertiary alicyclic amines) is 1. The molecule has 1 spiro atoms. The molecule has 0 N–H and O–H groups in total. The smallest absolute Gasteiger partial charge is 0.272 e. The number of hydrogen-bond donors (Lipinski definition) is 0. The highest BCUT2D eigenvalue weighted by atomic mass is 19.1. The lowest BCUT2D eigenvalue weighted by atomic mass is 10.0. The van der Waals surface area contributed by atoms with Gasteiger partial charge >= 0.3 is 0 Å². The van der Waals surface area contributed by atoms with Crippen LogP contribution < -0.4 is 0 Å². The van der Waals surface area contributed by atoms with E-state index in [-0.39, 0.29) is 11.7 Å². The number of benzene rings is 1. The lowest BCUT2D eigenvalue weighted by Gasteiger charge is -2.37. The van der Waals surface area contributed by atoms with Crippen LogP contribution in [0.5, 0.6) is 0 Å². The van der Waals surface area contributed by atoms with Crippen molar-refractivity contribution in [2.24, 2.45) is 7.05 Å². The van der Waals surface area contributed by atoms with Crippen molar-refractivity contribution in [3.8, 4) is 11.3 Å². The van der Waals surface area contributed by atoms with Gasteiger partial charge in [-0.1, -0.05) is 12.1 Å². The highest BCUT2D eigenvalue weighted by Crippen LogP contribution is 2.32. The lowest BCUT2D eigenvalue weighted by Crippen LogP contribution is -2.47. The van der Waals surface area contributed by atoms with E-state index in [9.17, 15) is 9.18 Å². The molecule has 25 heavy (non-hydrogen) atoms. The summed E-state index contributed by atoms with van der Waals surface area (Å²) in [5.74, 6) is -0.970. The van der Waals surface area contributed by atoms with Crippen LogP contribution in [-0.2, 0) is 16.5 Å². The maximum absolute atomic E-state index is 14.0. The number of aromatic nitrogens is 2. The van der Waals surface area contributed by atoms with Crippen molar-refractivity contribution in [3.63, 3.8) is 0 Å². The van der Waals surface area contributed by atoms with Gasteiger partial charge in [0, 0.05) is 38.5 Å². The monoisotopic (exact) mass is 345 g/mol. The van der Waals surface area contributed by atoms with Crippen LogP contribution in [0.2, 0.25) is 0 Å². The van der Waals surface area contributed by atoms with E-state index in [0.717, 1.165) is 0 Å². The van der Waals surface area contributed by atoms with Crippen molar-refractivity contribution in [1.82, 2.24) is 14.7 Å². The van der Waals surface area contributed by atoms with Gasteiger partial charge in [-0.2, -0.15) is 5.10 Å². The highest BCUT2D eigenvalue weighted by Gasteiger charge is 2.41. The number of carbonyl (C=O) groups excluding carboxylic acids is 1. The Morgan fingerprint density at radius 3 is 2.56 bits per heavy atom. The Hall–Kier alpha value is -2.25. The SMILES string of the molecule is Cn1nc(-c2ccccc2F)cc1C(=O)N1CCC2(CC1)OCCO2. The molecular formula is C18H20FN3O3. The molecule has 2 saturated heterocycles. The van der Waals surface area contributed by atoms with Crippen LogP contribution in [-0.4, -0.2) is 52.7 Å². The summed E-state index contributed by atoms with van der Waals surface area (Å²) >= 11 is 0. The van der Waals surface area contributed by atoms with E-state index in [4.69, 9.17) is 9.47 Å². The van der Waals surface area contributed by atoms with E-state index in [1.807, 2.05) is 0 Å². The first kappa shape index (κ1) is 16.2. The summed E-state index contributed by atoms with van der Waals surface area (Å²) in [6.45, 7) is 2.36. The number of amides is 1. The number of nitrogens with zero attached hydrogens (tertiary/aromatic N) is 3. The zero-order chi connectivity index (χ0) is 17.4. The number of piperidine rings is 1. The van der Waals surface area contributed by atoms with Crippen molar-refractivity contribution < 1.29 is 18.7 Å². The molecule has 1 aromatic carbocycles. The highest BCUT2D eigenvalue weighted by molar-refractivity contribution is 5.93. The number of aryl methyl sites for hydroxylation is 1. The average Bonchev–Trinajstić information content (AvgIpc) is 3.22. The first-order valence-electron chi connectivity index (χ1n) is 8.44. The van der Waals surface area contributed by atoms with Crippen LogP contribution in [0.1, 0.15) is 23.3 Å². The van der Waals surface area contributed by atoms with E-state index in [0.29, 0.717) is 56.1 Å². The second-order valence-electron chi connectivity index (χ2n) is 6.42. The van der Waals surface area contributed by atoms with Gasteiger partial charge in [-0.05, 0) is 18.2 Å². The zero-order valence-electron chi connectivity index (χ0n) is 14.1. The minimum atomic E-state index is -0.512. The van der Waals surface area contributed by atoms with E-state index in [2.05, 4.69) is 5.10 Å². The van der Waals surface area contributed by atoms with Gasteiger partial charge in [0.25, 0.3) is 5.91 Å². The number of ether oxygens (including phenoxy) is 2. The third-order valence-corrected chi connectivity index (χ3v) is 4.87. The van der Waals surface area contributed by atoms with Crippen LogP contribution >= 0.6 is 0 Å². The second-order valence-corrected chi connectivity index (χ2v) is 6.42. The molecule has 1 amide bonds. The molecule has 0 aliphatic carbocycles. The molecule has 2 aromatic rings. The van der Waals surface area contributed by atoms with Gasteiger partial charge in [-0.3, -0.25) is 9.48 Å². The molecule has 2 aliphatic heterocycles. The molecule has 0 atom stereocenters. The average molecular weight is 345 g/mol. The molecule has 7 heteroatoms. The molecule has 0 bridgehead atoms. The molecule has 0 unspecified atom stereocenters. The predicted molar refractivity (Wildman–Crippen MR) is 88.4 cm³/mol. The van der Waals surface area contributed by atoms with Gasteiger partial charge in [0.15, 0.2) is 5.79 Å². The normalized spacial score (nSPS) is 19.5. The molecule has 6 nitrogen and oxygen atoms in total. The van der Waals surface area contributed by atoms with Crippen molar-refractivity contribution in [3.05, 3.63) is 41.8 Å². The van der Waals surface area contributed by atoms with E-state index in [1.54, 1.807) is 36.2 Å². The van der Waals surface area contributed by atoms with E-state index >= 15 is 0 Å². The van der Waals surface area contributed by atoms with Crippen molar-refractivity contribution in [1.29, 1.82) is 0 Å². The van der Waals surface area contributed by atoms with E-state index < -0.39 is 5.79 Å². The summed E-state index contributed by atoms with van der Waals surface area (Å²) in [6.07, 6.45) is 1.33. The van der Waals surface area contributed by atoms with Gasteiger partial charge in [0.05, 0.1) is 18.9 Å². The minimum Gasteiger partial charge on any atom is -0.347 e. The Bertz CT molecular complexity index is 789. The van der Waals surface area contributed by atoms with Crippen LogP contribution in [0, 0.1) is 5.82 Å². The Kier molecular flexibility index (Phi) is 4.05. The summed E-state index contributed by atoms with van der Waals surface area (Å²) < 4.78 is 26.9. The summed E-state index contributed by atoms with van der Waals surface area (Å²) in [5.41, 5.74) is 1.30. The molecule has 2 aliphatic rings. The Balaban J connectivity index is 1.52. The summed E-state index contributed by atoms with van der Waals surface area (Å²) in [5, 5.41) is 4.31. The van der Waals surface area contributed by atoms with Crippen molar-refractivity contribution in [2.75, 3.05) is 26.3 Å². The summed E-state index contributed by atoms with van der Waals surface area (Å²) in [6, 6.07) is 8.07. The first-order valence-corrected chi connectivity index (χ1v) is 8.44. The predicted octanol–water partition coefficient (Wildman–Crippen LogP) is 2.21. The summed E-state index contributed by atoms with van der Waals surface area (Å²) in [7, 11) is 1.70. The maximum atomic E-state index is 14.0. The topological polar surface area (TPSA) is 56.6 Å². The Morgan fingerprint density at radius 2 is 1.88 bits per heavy atom. The number of carbonyl (C=O) groups is 1. The Labute approximate surface area is 145 Å². The number of halogens is 1. The van der Waals surface area contributed by atoms with Gasteiger partial charge in [-0.25, -0.2) is 4.39 Å². The van der Waals surface area contributed by atoms with Crippen molar-refractivity contribution >= 4 is 5.91 Å². The third-order valence-electron chi connectivity index (χ3n) is 4.87. The molecular weight excluding hydrogens is 325 g/mol. The zero-order valence-corrected chi connectivity index (χ0v) is 14.1. The minimum absolute atomic E-state index is 0.106. The molecule has 1 aromatic heterocycles. The van der Waals surface area contributed by atoms with Crippen LogP contribution in [0.4, 0.5) is 4.39 Å². The largest absolute Gasteiger partial charge is 0.347 e. The molecule has 0 saturated carbocycles. The standard InChI is InChI=1S/C18H20FN3O3/c1-21-16(12-15(20-21)13-4-2-3-5-14(13)19)17(23)22-8-6-18(7-9-22)24-10-11-25-18/h2-5,12H,6-11H2,1H3. The molecule has 0 radical (unpaired) electrons. The third kappa shape index (κ3) is 2.94. The first-order chi connectivity index (χ1) is 12.1. The molecule has 3 heterocycles. The quantitative estimate of drug-likeness (QED) is 0.837. The van der Waals surface area contributed by atoms with Gasteiger partial charge in [-0.15, -0.1) is 0 Å². The Morgan fingerprint density at radius 1 is 1.20 bits per heavy atom. The van der Waals surface area contributed by atoms with Gasteiger partial charge in [0.1, 0.15) is 11.5 Å². The van der Waals surface area contributed by atoms with Crippen LogP contribution in [0.25, 0.3) is 11.3 Å². The van der Waals surface area contributed by atoms with Gasteiger partial charge < -0.3 is 14.4 Å². The molecule has 2 fully saturated rings. The molecule has 4 rings (SSSR count). The van der Waals surface area contributed by atoms with Crippen molar-refractivity contribution in [2.45, 2.75) is 18.6 Å². The number of hydrogen-bond acceptors (Lipinski definition) is 4.